The molecular weight excluding hydrogens is 351 g/mol. The minimum atomic E-state index is -4.32. The zero-order valence-electron chi connectivity index (χ0n) is 14.3. The summed E-state index contributed by atoms with van der Waals surface area (Å²) < 4.78 is 51.8. The first-order valence-electron chi connectivity index (χ1n) is 8.35. The predicted octanol–water partition coefficient (Wildman–Crippen LogP) is 3.21. The number of likely N-dealkylation sites (N-methyl/N-ethyl adjacent to an activating group) is 1. The second-order valence-electron chi connectivity index (χ2n) is 5.98. The first-order valence-corrected chi connectivity index (χ1v) is 8.35. The van der Waals surface area contributed by atoms with Gasteiger partial charge in [-0.05, 0) is 12.1 Å². The van der Waals surface area contributed by atoms with Gasteiger partial charge in [0, 0.05) is 12.1 Å². The zero-order chi connectivity index (χ0) is 18.6. The Morgan fingerprint density at radius 1 is 1.27 bits per heavy atom. The quantitative estimate of drug-likeness (QED) is 0.777. The summed E-state index contributed by atoms with van der Waals surface area (Å²) in [7, 11) is 0. The van der Waals surface area contributed by atoms with Gasteiger partial charge in [-0.2, -0.15) is 18.2 Å². The molecular formula is C17H20F3N3O3. The third-order valence-corrected chi connectivity index (χ3v) is 4.12. The van der Waals surface area contributed by atoms with Crippen LogP contribution >= 0.6 is 0 Å². The highest BCUT2D eigenvalue weighted by Crippen LogP contribution is 2.25. The Morgan fingerprint density at radius 3 is 2.73 bits per heavy atom. The number of morpholine rings is 1. The van der Waals surface area contributed by atoms with Crippen molar-refractivity contribution in [3.8, 4) is 11.4 Å². The maximum absolute atomic E-state index is 12.1. The molecule has 1 aromatic heterocycles. The molecule has 1 aromatic carbocycles. The summed E-state index contributed by atoms with van der Waals surface area (Å²) in [6, 6.07) is 6.77. The van der Waals surface area contributed by atoms with Crippen molar-refractivity contribution in [3.63, 3.8) is 0 Å². The number of ether oxygens (including phenoxy) is 2. The first kappa shape index (κ1) is 18.8. The Hall–Kier alpha value is -1.97. The molecule has 0 bridgehead atoms. The van der Waals surface area contributed by atoms with Gasteiger partial charge < -0.3 is 14.0 Å². The third-order valence-electron chi connectivity index (χ3n) is 4.12. The van der Waals surface area contributed by atoms with Crippen molar-refractivity contribution in [2.24, 2.45) is 0 Å². The highest BCUT2D eigenvalue weighted by atomic mass is 19.4. The predicted molar refractivity (Wildman–Crippen MR) is 86.3 cm³/mol. The van der Waals surface area contributed by atoms with Crippen molar-refractivity contribution in [2.45, 2.75) is 25.7 Å². The van der Waals surface area contributed by atoms with Crippen LogP contribution in [-0.4, -0.2) is 54.1 Å². The summed E-state index contributed by atoms with van der Waals surface area (Å²) >= 11 is 0. The number of hydrogen-bond acceptors (Lipinski definition) is 6. The Kier molecular flexibility index (Phi) is 5.90. The van der Waals surface area contributed by atoms with Gasteiger partial charge in [0.1, 0.15) is 12.6 Å². The maximum Gasteiger partial charge on any atom is 0.411 e. The minimum absolute atomic E-state index is 0.0648. The van der Waals surface area contributed by atoms with E-state index in [-0.39, 0.29) is 12.6 Å². The van der Waals surface area contributed by atoms with Crippen LogP contribution in [0.2, 0.25) is 0 Å². The van der Waals surface area contributed by atoms with Crippen LogP contribution in [0.25, 0.3) is 11.4 Å². The summed E-state index contributed by atoms with van der Waals surface area (Å²) in [5, 5.41) is 4.01. The van der Waals surface area contributed by atoms with Gasteiger partial charge in [-0.25, -0.2) is 0 Å². The molecule has 1 aliphatic heterocycles. The molecule has 1 fully saturated rings. The third kappa shape index (κ3) is 4.80. The van der Waals surface area contributed by atoms with Gasteiger partial charge in [0.05, 0.1) is 19.8 Å². The molecule has 0 radical (unpaired) electrons. The van der Waals surface area contributed by atoms with E-state index < -0.39 is 12.8 Å². The molecule has 1 atom stereocenters. The van der Waals surface area contributed by atoms with Crippen molar-refractivity contribution in [2.75, 3.05) is 32.9 Å². The Morgan fingerprint density at radius 2 is 2.04 bits per heavy atom. The fourth-order valence-corrected chi connectivity index (χ4v) is 2.77. The fourth-order valence-electron chi connectivity index (χ4n) is 2.77. The summed E-state index contributed by atoms with van der Waals surface area (Å²) in [6.07, 6.45) is -4.32. The molecule has 1 unspecified atom stereocenters. The number of nitrogens with zero attached hydrogens (tertiary/aromatic N) is 3. The lowest BCUT2D eigenvalue weighted by molar-refractivity contribution is -0.176. The molecule has 2 aromatic rings. The Balaban J connectivity index is 1.64. The van der Waals surface area contributed by atoms with Gasteiger partial charge >= 0.3 is 6.18 Å². The second-order valence-corrected chi connectivity index (χ2v) is 5.98. The normalized spacial score (nSPS) is 19.0. The van der Waals surface area contributed by atoms with Crippen LogP contribution in [0.1, 0.15) is 24.4 Å². The molecule has 0 N–H and O–H groups in total. The molecule has 0 spiro atoms. The molecule has 1 saturated heterocycles. The van der Waals surface area contributed by atoms with Gasteiger partial charge in [-0.1, -0.05) is 36.3 Å². The van der Waals surface area contributed by atoms with Crippen LogP contribution < -0.4 is 0 Å². The molecule has 3 rings (SSSR count). The fraction of sp³-hybridized carbons (Fsp3) is 0.529. The van der Waals surface area contributed by atoms with Crippen LogP contribution in [0.4, 0.5) is 13.2 Å². The Labute approximate surface area is 148 Å². The van der Waals surface area contributed by atoms with Crippen molar-refractivity contribution in [1.82, 2.24) is 15.0 Å². The van der Waals surface area contributed by atoms with E-state index in [0.29, 0.717) is 30.5 Å². The van der Waals surface area contributed by atoms with Crippen LogP contribution in [-0.2, 0) is 16.1 Å². The molecule has 0 aliphatic carbocycles. The highest BCUT2D eigenvalue weighted by molar-refractivity contribution is 5.54. The van der Waals surface area contributed by atoms with Crippen LogP contribution in [0.5, 0.6) is 0 Å². The number of rotatable bonds is 6. The molecule has 0 saturated carbocycles. The largest absolute Gasteiger partial charge is 0.411 e. The van der Waals surface area contributed by atoms with E-state index in [9.17, 15) is 13.2 Å². The molecule has 26 heavy (non-hydrogen) atoms. The molecule has 1 aliphatic rings. The smallest absolute Gasteiger partial charge is 0.378 e. The number of alkyl halides is 3. The standard InChI is InChI=1S/C17H20F3N3O3/c1-2-23-7-8-24-10-14(23)16-21-15(22-26-16)13-5-3-12(4-6-13)9-25-11-17(18,19)20/h3-6,14H,2,7-11H2,1H3. The van der Waals surface area contributed by atoms with E-state index in [2.05, 4.69) is 26.7 Å². The lowest BCUT2D eigenvalue weighted by Crippen LogP contribution is -2.39. The van der Waals surface area contributed by atoms with Crippen molar-refractivity contribution in [3.05, 3.63) is 35.7 Å². The lowest BCUT2D eigenvalue weighted by atomic mass is 10.1. The number of aromatic nitrogens is 2. The summed E-state index contributed by atoms with van der Waals surface area (Å²) in [5.74, 6) is 0.934. The number of benzene rings is 1. The van der Waals surface area contributed by atoms with E-state index >= 15 is 0 Å². The van der Waals surface area contributed by atoms with Crippen molar-refractivity contribution in [1.29, 1.82) is 0 Å². The lowest BCUT2D eigenvalue weighted by Gasteiger charge is -2.31. The van der Waals surface area contributed by atoms with Gasteiger partial charge in [0.15, 0.2) is 0 Å². The van der Waals surface area contributed by atoms with E-state index in [1.54, 1.807) is 24.3 Å². The Bertz CT molecular complexity index is 703. The molecule has 0 amide bonds. The van der Waals surface area contributed by atoms with Crippen LogP contribution in [0, 0.1) is 0 Å². The molecule has 6 nitrogen and oxygen atoms in total. The van der Waals surface area contributed by atoms with Crippen molar-refractivity contribution >= 4 is 0 Å². The van der Waals surface area contributed by atoms with Gasteiger partial charge in [-0.15, -0.1) is 0 Å². The van der Waals surface area contributed by atoms with E-state index in [0.717, 1.165) is 18.7 Å². The zero-order valence-corrected chi connectivity index (χ0v) is 14.3. The average Bonchev–Trinajstić information content (AvgIpc) is 3.11. The van der Waals surface area contributed by atoms with Crippen molar-refractivity contribution < 1.29 is 27.2 Å². The molecule has 2 heterocycles. The first-order chi connectivity index (χ1) is 12.5. The maximum atomic E-state index is 12.1. The minimum Gasteiger partial charge on any atom is -0.378 e. The number of hydrogen-bond donors (Lipinski definition) is 0. The van der Waals surface area contributed by atoms with Crippen LogP contribution in [0.15, 0.2) is 28.8 Å². The SMILES string of the molecule is CCN1CCOCC1c1nc(-c2ccc(COCC(F)(F)F)cc2)no1. The number of halogens is 3. The molecule has 142 valence electrons. The van der Waals surface area contributed by atoms with Gasteiger partial charge in [0.25, 0.3) is 0 Å². The van der Waals surface area contributed by atoms with E-state index in [1.165, 1.54) is 0 Å². The van der Waals surface area contributed by atoms with E-state index in [1.807, 2.05) is 0 Å². The average molecular weight is 371 g/mol. The second kappa shape index (κ2) is 8.15. The van der Waals surface area contributed by atoms with Crippen LogP contribution in [0.3, 0.4) is 0 Å². The summed E-state index contributed by atoms with van der Waals surface area (Å²) in [6.45, 7) is 3.55. The summed E-state index contributed by atoms with van der Waals surface area (Å²) in [4.78, 5) is 6.66. The molecule has 9 heteroatoms. The van der Waals surface area contributed by atoms with E-state index in [4.69, 9.17) is 9.26 Å². The highest BCUT2D eigenvalue weighted by Gasteiger charge is 2.29. The van der Waals surface area contributed by atoms with Gasteiger partial charge in [0.2, 0.25) is 11.7 Å². The summed E-state index contributed by atoms with van der Waals surface area (Å²) in [5.41, 5.74) is 1.36. The van der Waals surface area contributed by atoms with Gasteiger partial charge in [-0.3, -0.25) is 4.90 Å². The topological polar surface area (TPSA) is 60.6 Å². The monoisotopic (exact) mass is 371 g/mol.